The highest BCUT2D eigenvalue weighted by atomic mass is 16.5. The Morgan fingerprint density at radius 3 is 2.47 bits per heavy atom. The molecule has 0 aromatic carbocycles. The average molecular weight is 241 g/mol. The van der Waals surface area contributed by atoms with E-state index in [1.54, 1.807) is 6.07 Å². The van der Waals surface area contributed by atoms with Crippen molar-refractivity contribution < 1.29 is 14.9 Å². The molecule has 0 spiro atoms. The van der Waals surface area contributed by atoms with E-state index in [-0.39, 0.29) is 19.3 Å². The van der Waals surface area contributed by atoms with Gasteiger partial charge in [-0.2, -0.15) is 4.98 Å². The van der Waals surface area contributed by atoms with Crippen LogP contribution in [0.25, 0.3) is 0 Å². The number of aliphatic hydroxyl groups excluding tert-OH is 2. The van der Waals surface area contributed by atoms with Crippen molar-refractivity contribution in [2.24, 2.45) is 0 Å². The van der Waals surface area contributed by atoms with E-state index >= 15 is 0 Å². The number of nitrogens with one attached hydrogen (secondary N) is 1. The normalized spacial score (nSPS) is 11.0. The molecule has 1 rings (SSSR count). The summed E-state index contributed by atoms with van der Waals surface area (Å²) in [5.41, 5.74) is 0.757. The fraction of sp³-hybridized carbons (Fsp3) is 0.636. The lowest BCUT2D eigenvalue weighted by molar-refractivity contribution is 0.203. The summed E-state index contributed by atoms with van der Waals surface area (Å²) in [7, 11) is 0. The smallest absolute Gasteiger partial charge is 0.226 e. The van der Waals surface area contributed by atoms with Gasteiger partial charge in [0.1, 0.15) is 0 Å². The molecule has 6 nitrogen and oxygen atoms in total. The van der Waals surface area contributed by atoms with E-state index < -0.39 is 6.04 Å². The van der Waals surface area contributed by atoms with Crippen molar-refractivity contribution in [3.63, 3.8) is 0 Å². The van der Waals surface area contributed by atoms with Gasteiger partial charge in [-0.3, -0.25) is 0 Å². The van der Waals surface area contributed by atoms with Gasteiger partial charge in [0.25, 0.3) is 0 Å². The summed E-state index contributed by atoms with van der Waals surface area (Å²) in [5, 5.41) is 20.8. The molecule has 0 aliphatic carbocycles. The summed E-state index contributed by atoms with van der Waals surface area (Å²) in [4.78, 5) is 8.30. The molecule has 17 heavy (non-hydrogen) atoms. The topological polar surface area (TPSA) is 87.5 Å². The maximum atomic E-state index is 8.96. The minimum Gasteiger partial charge on any atom is -0.475 e. The van der Waals surface area contributed by atoms with Crippen molar-refractivity contribution in [3.05, 3.63) is 11.8 Å². The van der Waals surface area contributed by atoms with Gasteiger partial charge < -0.3 is 20.3 Å². The van der Waals surface area contributed by atoms with Crippen molar-refractivity contribution in [2.75, 3.05) is 18.5 Å². The van der Waals surface area contributed by atoms with E-state index in [4.69, 9.17) is 14.9 Å². The van der Waals surface area contributed by atoms with Crippen molar-refractivity contribution in [2.45, 2.75) is 32.9 Å². The Morgan fingerprint density at radius 1 is 1.29 bits per heavy atom. The molecule has 0 fully saturated rings. The van der Waals surface area contributed by atoms with Gasteiger partial charge in [-0.25, -0.2) is 4.98 Å². The van der Waals surface area contributed by atoms with Crippen molar-refractivity contribution in [3.8, 4) is 5.88 Å². The third-order valence-electron chi connectivity index (χ3n) is 1.96. The Labute approximate surface area is 101 Å². The highest BCUT2D eigenvalue weighted by Gasteiger charge is 2.09. The molecule has 0 aliphatic rings. The SMILES string of the molecule is Cc1cc(OC(C)C)nc(NC(CO)CO)n1. The van der Waals surface area contributed by atoms with Crippen LogP contribution in [-0.2, 0) is 0 Å². The number of aryl methyl sites for hydroxylation is 1. The molecule has 0 unspecified atom stereocenters. The predicted octanol–water partition coefficient (Wildman–Crippen LogP) is 0.337. The number of hydrogen-bond acceptors (Lipinski definition) is 6. The lowest BCUT2D eigenvalue weighted by atomic mass is 10.3. The summed E-state index contributed by atoms with van der Waals surface area (Å²) in [6.07, 6.45) is 0.0311. The standard InChI is InChI=1S/C11H19N3O3/c1-7(2)17-10-4-8(3)12-11(14-10)13-9(5-15)6-16/h4,7,9,15-16H,5-6H2,1-3H3,(H,12,13,14). The molecule has 1 aromatic heterocycles. The zero-order valence-corrected chi connectivity index (χ0v) is 10.3. The highest BCUT2D eigenvalue weighted by molar-refractivity contribution is 5.31. The van der Waals surface area contributed by atoms with Crippen LogP contribution in [0.15, 0.2) is 6.07 Å². The van der Waals surface area contributed by atoms with Crippen LogP contribution in [0.5, 0.6) is 5.88 Å². The number of nitrogens with zero attached hydrogens (tertiary/aromatic N) is 2. The van der Waals surface area contributed by atoms with Crippen LogP contribution in [-0.4, -0.2) is 45.5 Å². The second kappa shape index (κ2) is 6.36. The molecule has 0 amide bonds. The molecular weight excluding hydrogens is 222 g/mol. The van der Waals surface area contributed by atoms with Crippen LogP contribution < -0.4 is 10.1 Å². The first-order valence-electron chi connectivity index (χ1n) is 5.55. The van der Waals surface area contributed by atoms with E-state index in [2.05, 4.69) is 15.3 Å². The number of anilines is 1. The van der Waals surface area contributed by atoms with Crippen LogP contribution in [0.2, 0.25) is 0 Å². The van der Waals surface area contributed by atoms with E-state index in [0.29, 0.717) is 11.8 Å². The summed E-state index contributed by atoms with van der Waals surface area (Å²) < 4.78 is 5.47. The van der Waals surface area contributed by atoms with Crippen molar-refractivity contribution in [1.82, 2.24) is 9.97 Å². The monoisotopic (exact) mass is 241 g/mol. The molecule has 6 heteroatoms. The average Bonchev–Trinajstić information content (AvgIpc) is 2.24. The van der Waals surface area contributed by atoms with Crippen molar-refractivity contribution >= 4 is 5.95 Å². The van der Waals surface area contributed by atoms with Gasteiger partial charge in [-0.15, -0.1) is 0 Å². The van der Waals surface area contributed by atoms with Crippen LogP contribution in [0.3, 0.4) is 0 Å². The minimum absolute atomic E-state index is 0.0311. The Morgan fingerprint density at radius 2 is 1.94 bits per heavy atom. The van der Waals surface area contributed by atoms with Crippen LogP contribution in [0.1, 0.15) is 19.5 Å². The zero-order valence-electron chi connectivity index (χ0n) is 10.3. The molecule has 1 heterocycles. The molecule has 0 radical (unpaired) electrons. The molecule has 3 N–H and O–H groups in total. The van der Waals surface area contributed by atoms with Gasteiger partial charge in [0.2, 0.25) is 11.8 Å². The Bertz CT molecular complexity index is 354. The number of aromatic nitrogens is 2. The predicted molar refractivity (Wildman–Crippen MR) is 64.1 cm³/mol. The van der Waals surface area contributed by atoms with Gasteiger partial charge in [0.15, 0.2) is 0 Å². The van der Waals surface area contributed by atoms with Gasteiger partial charge in [0.05, 0.1) is 25.4 Å². The maximum Gasteiger partial charge on any atom is 0.226 e. The lowest BCUT2D eigenvalue weighted by Crippen LogP contribution is -2.28. The number of ether oxygens (including phenoxy) is 1. The molecule has 0 saturated carbocycles. The number of rotatable bonds is 6. The third-order valence-corrected chi connectivity index (χ3v) is 1.96. The van der Waals surface area contributed by atoms with Gasteiger partial charge >= 0.3 is 0 Å². The molecule has 96 valence electrons. The second-order valence-electron chi connectivity index (χ2n) is 4.04. The minimum atomic E-state index is -0.469. The molecule has 0 aliphatic heterocycles. The number of aliphatic hydroxyl groups is 2. The van der Waals surface area contributed by atoms with E-state index in [0.717, 1.165) is 5.69 Å². The quantitative estimate of drug-likeness (QED) is 0.665. The summed E-state index contributed by atoms with van der Waals surface area (Å²) >= 11 is 0. The van der Waals surface area contributed by atoms with E-state index in [1.165, 1.54) is 0 Å². The fourth-order valence-corrected chi connectivity index (χ4v) is 1.24. The first kappa shape index (κ1) is 13.7. The molecule has 1 aromatic rings. The van der Waals surface area contributed by atoms with Crippen LogP contribution in [0, 0.1) is 6.92 Å². The van der Waals surface area contributed by atoms with E-state index in [9.17, 15) is 0 Å². The highest BCUT2D eigenvalue weighted by Crippen LogP contribution is 2.13. The lowest BCUT2D eigenvalue weighted by Gasteiger charge is -2.15. The maximum absolute atomic E-state index is 8.96. The molecule has 0 saturated heterocycles. The Hall–Kier alpha value is -1.40. The summed E-state index contributed by atoms with van der Waals surface area (Å²) in [5.74, 6) is 0.818. The Balaban J connectivity index is 2.81. The zero-order chi connectivity index (χ0) is 12.8. The first-order chi connectivity index (χ1) is 8.05. The van der Waals surface area contributed by atoms with Gasteiger partial charge in [-0.1, -0.05) is 0 Å². The Kier molecular flexibility index (Phi) is 5.11. The second-order valence-corrected chi connectivity index (χ2v) is 4.04. The van der Waals surface area contributed by atoms with Crippen LogP contribution >= 0.6 is 0 Å². The van der Waals surface area contributed by atoms with E-state index in [1.807, 2.05) is 20.8 Å². The fourth-order valence-electron chi connectivity index (χ4n) is 1.24. The molecular formula is C11H19N3O3. The molecule has 0 bridgehead atoms. The summed E-state index contributed by atoms with van der Waals surface area (Å²) in [6, 6.07) is 1.27. The molecule has 0 atom stereocenters. The van der Waals surface area contributed by atoms with Crippen molar-refractivity contribution in [1.29, 1.82) is 0 Å². The number of hydrogen-bond donors (Lipinski definition) is 3. The van der Waals surface area contributed by atoms with Crippen LogP contribution in [0.4, 0.5) is 5.95 Å². The largest absolute Gasteiger partial charge is 0.475 e. The first-order valence-corrected chi connectivity index (χ1v) is 5.55. The van der Waals surface area contributed by atoms with Gasteiger partial charge in [-0.05, 0) is 20.8 Å². The van der Waals surface area contributed by atoms with Gasteiger partial charge in [0, 0.05) is 11.8 Å². The summed E-state index contributed by atoms with van der Waals surface area (Å²) in [6.45, 7) is 5.28. The third kappa shape index (κ3) is 4.54.